The van der Waals surface area contributed by atoms with E-state index < -0.39 is 0 Å². The van der Waals surface area contributed by atoms with Gasteiger partial charge in [0.2, 0.25) is 0 Å². The van der Waals surface area contributed by atoms with Gasteiger partial charge in [-0.15, -0.1) is 0 Å². The Morgan fingerprint density at radius 1 is 1.25 bits per heavy atom. The molecule has 1 aromatic heterocycles. The third-order valence-corrected chi connectivity index (χ3v) is 3.32. The maximum atomic E-state index is 5.58. The van der Waals surface area contributed by atoms with E-state index in [1.54, 1.807) is 7.11 Å². The minimum Gasteiger partial charge on any atom is -0.497 e. The first-order valence-corrected chi connectivity index (χ1v) is 6.69. The molecule has 0 unspecified atom stereocenters. The molecule has 0 aliphatic rings. The number of aryl methyl sites for hydroxylation is 1. The van der Waals surface area contributed by atoms with Gasteiger partial charge >= 0.3 is 0 Å². The Morgan fingerprint density at radius 3 is 2.50 bits per heavy atom. The predicted octanol–water partition coefficient (Wildman–Crippen LogP) is 2.67. The van der Waals surface area contributed by atoms with Crippen molar-refractivity contribution >= 4 is 11.5 Å². The van der Waals surface area contributed by atoms with Gasteiger partial charge in [0.05, 0.1) is 7.11 Å². The number of pyridine rings is 1. The van der Waals surface area contributed by atoms with Gasteiger partial charge in [-0.1, -0.05) is 6.07 Å². The Kier molecular flexibility index (Phi) is 4.58. The van der Waals surface area contributed by atoms with Gasteiger partial charge in [0, 0.05) is 18.9 Å². The molecule has 0 fully saturated rings. The van der Waals surface area contributed by atoms with E-state index in [9.17, 15) is 0 Å². The lowest BCUT2D eigenvalue weighted by Crippen LogP contribution is -2.13. The van der Waals surface area contributed by atoms with Gasteiger partial charge in [0.15, 0.2) is 0 Å². The maximum Gasteiger partial charge on any atom is 0.135 e. The lowest BCUT2D eigenvalue weighted by atomic mass is 10.1. The van der Waals surface area contributed by atoms with Crippen molar-refractivity contribution in [3.05, 3.63) is 47.7 Å². The molecule has 1 heterocycles. The summed E-state index contributed by atoms with van der Waals surface area (Å²) in [7, 11) is 3.68. The third-order valence-electron chi connectivity index (χ3n) is 3.32. The fourth-order valence-corrected chi connectivity index (χ4v) is 2.21. The highest BCUT2D eigenvalue weighted by Crippen LogP contribution is 2.26. The van der Waals surface area contributed by atoms with Crippen molar-refractivity contribution in [2.45, 2.75) is 13.3 Å². The molecule has 106 valence electrons. The van der Waals surface area contributed by atoms with E-state index >= 15 is 0 Å². The molecule has 2 rings (SSSR count). The van der Waals surface area contributed by atoms with Gasteiger partial charge in [-0.2, -0.15) is 0 Å². The van der Waals surface area contributed by atoms with Crippen molar-refractivity contribution in [1.82, 2.24) is 4.98 Å². The van der Waals surface area contributed by atoms with Gasteiger partial charge < -0.3 is 15.4 Å². The quantitative estimate of drug-likeness (QED) is 0.908. The number of aromatic nitrogens is 1. The molecule has 0 aliphatic carbocycles. The van der Waals surface area contributed by atoms with E-state index in [0.29, 0.717) is 6.54 Å². The fraction of sp³-hybridized carbons (Fsp3) is 0.312. The second kappa shape index (κ2) is 6.39. The molecule has 2 N–H and O–H groups in total. The van der Waals surface area contributed by atoms with Crippen LogP contribution in [0.1, 0.15) is 11.1 Å². The van der Waals surface area contributed by atoms with E-state index in [1.165, 1.54) is 5.56 Å². The summed E-state index contributed by atoms with van der Waals surface area (Å²) in [5, 5.41) is 0. The summed E-state index contributed by atoms with van der Waals surface area (Å²) in [5.74, 6) is 1.81. The van der Waals surface area contributed by atoms with Crippen LogP contribution in [0.3, 0.4) is 0 Å². The number of ether oxygens (including phenoxy) is 1. The minimum atomic E-state index is 0.648. The molecule has 0 atom stereocenters. The molecule has 0 amide bonds. The second-order valence-electron chi connectivity index (χ2n) is 4.78. The average molecular weight is 271 g/mol. The number of anilines is 2. The van der Waals surface area contributed by atoms with Crippen LogP contribution >= 0.6 is 0 Å². The number of methoxy groups -OCH3 is 1. The average Bonchev–Trinajstić information content (AvgIpc) is 2.47. The number of nitrogens with two attached hydrogens (primary N) is 1. The van der Waals surface area contributed by atoms with E-state index in [2.05, 4.69) is 22.9 Å². The van der Waals surface area contributed by atoms with Gasteiger partial charge in [0.25, 0.3) is 0 Å². The van der Waals surface area contributed by atoms with Crippen molar-refractivity contribution in [2.75, 3.05) is 25.6 Å². The summed E-state index contributed by atoms with van der Waals surface area (Å²) < 4.78 is 5.18. The van der Waals surface area contributed by atoms with Crippen LogP contribution in [-0.4, -0.2) is 25.7 Å². The van der Waals surface area contributed by atoms with E-state index in [1.807, 2.05) is 37.5 Å². The number of nitrogens with zero attached hydrogens (tertiary/aromatic N) is 2. The first-order chi connectivity index (χ1) is 9.65. The summed E-state index contributed by atoms with van der Waals surface area (Å²) in [5.41, 5.74) is 8.98. The van der Waals surface area contributed by atoms with Crippen LogP contribution in [0.15, 0.2) is 36.5 Å². The van der Waals surface area contributed by atoms with Crippen LogP contribution in [0.25, 0.3) is 0 Å². The van der Waals surface area contributed by atoms with Crippen LogP contribution in [-0.2, 0) is 6.42 Å². The Balaban J connectivity index is 2.25. The van der Waals surface area contributed by atoms with E-state index in [-0.39, 0.29) is 0 Å². The molecular formula is C16H21N3O. The van der Waals surface area contributed by atoms with E-state index in [4.69, 9.17) is 10.5 Å². The SMILES string of the molecule is COc1ccc(N(C)c2ncc(CCN)cc2C)cc1. The summed E-state index contributed by atoms with van der Waals surface area (Å²) in [4.78, 5) is 6.63. The van der Waals surface area contributed by atoms with Gasteiger partial charge in [-0.05, 0) is 55.3 Å². The normalized spacial score (nSPS) is 10.4. The van der Waals surface area contributed by atoms with Crippen LogP contribution in [0.2, 0.25) is 0 Å². The first-order valence-electron chi connectivity index (χ1n) is 6.69. The molecule has 2 aromatic rings. The largest absolute Gasteiger partial charge is 0.497 e. The molecule has 1 aromatic carbocycles. The fourth-order valence-electron chi connectivity index (χ4n) is 2.21. The smallest absolute Gasteiger partial charge is 0.135 e. The molecular weight excluding hydrogens is 250 g/mol. The summed E-state index contributed by atoms with van der Waals surface area (Å²) in [6, 6.07) is 10.1. The van der Waals surface area contributed by atoms with E-state index in [0.717, 1.165) is 29.2 Å². The molecule has 0 radical (unpaired) electrons. The number of rotatable bonds is 5. The minimum absolute atomic E-state index is 0.648. The molecule has 4 nitrogen and oxygen atoms in total. The first kappa shape index (κ1) is 14.3. The van der Waals surface area contributed by atoms with Crippen molar-refractivity contribution in [2.24, 2.45) is 5.73 Å². The van der Waals surface area contributed by atoms with Crippen molar-refractivity contribution in [3.8, 4) is 5.75 Å². The topological polar surface area (TPSA) is 51.4 Å². The lowest BCUT2D eigenvalue weighted by molar-refractivity contribution is 0.415. The van der Waals surface area contributed by atoms with Gasteiger partial charge in [-0.25, -0.2) is 4.98 Å². The predicted molar refractivity (Wildman–Crippen MR) is 82.8 cm³/mol. The molecule has 0 saturated carbocycles. The monoisotopic (exact) mass is 271 g/mol. The number of hydrogen-bond acceptors (Lipinski definition) is 4. The Bertz CT molecular complexity index is 566. The molecule has 0 aliphatic heterocycles. The molecule has 0 spiro atoms. The third kappa shape index (κ3) is 3.08. The van der Waals surface area contributed by atoms with Crippen molar-refractivity contribution in [3.63, 3.8) is 0 Å². The van der Waals surface area contributed by atoms with Crippen LogP contribution < -0.4 is 15.4 Å². The zero-order chi connectivity index (χ0) is 14.5. The molecule has 0 saturated heterocycles. The Morgan fingerprint density at radius 2 is 1.95 bits per heavy atom. The Labute approximate surface area is 120 Å². The lowest BCUT2D eigenvalue weighted by Gasteiger charge is -2.21. The molecule has 0 bridgehead atoms. The second-order valence-corrected chi connectivity index (χ2v) is 4.78. The zero-order valence-corrected chi connectivity index (χ0v) is 12.3. The summed E-state index contributed by atoms with van der Waals surface area (Å²) >= 11 is 0. The summed E-state index contributed by atoms with van der Waals surface area (Å²) in [6.07, 6.45) is 2.76. The molecule has 20 heavy (non-hydrogen) atoms. The highest BCUT2D eigenvalue weighted by molar-refractivity contribution is 5.62. The molecule has 4 heteroatoms. The summed E-state index contributed by atoms with van der Waals surface area (Å²) in [6.45, 7) is 2.72. The Hall–Kier alpha value is -2.07. The van der Waals surface area contributed by atoms with Crippen molar-refractivity contribution in [1.29, 1.82) is 0 Å². The van der Waals surface area contributed by atoms with Gasteiger partial charge in [-0.3, -0.25) is 0 Å². The highest BCUT2D eigenvalue weighted by Gasteiger charge is 2.09. The van der Waals surface area contributed by atoms with Crippen LogP contribution in [0, 0.1) is 6.92 Å². The number of hydrogen-bond donors (Lipinski definition) is 1. The van der Waals surface area contributed by atoms with Crippen LogP contribution in [0.4, 0.5) is 11.5 Å². The standard InChI is InChI=1S/C16H21N3O/c1-12-10-13(8-9-17)11-18-16(12)19(2)14-4-6-15(20-3)7-5-14/h4-7,10-11H,8-9,17H2,1-3H3. The van der Waals surface area contributed by atoms with Crippen molar-refractivity contribution < 1.29 is 4.74 Å². The maximum absolute atomic E-state index is 5.58. The highest BCUT2D eigenvalue weighted by atomic mass is 16.5. The van der Waals surface area contributed by atoms with Crippen LogP contribution in [0.5, 0.6) is 5.75 Å². The zero-order valence-electron chi connectivity index (χ0n) is 12.3. The number of benzene rings is 1. The van der Waals surface area contributed by atoms with Gasteiger partial charge in [0.1, 0.15) is 11.6 Å².